The number of hydrogen-bond acceptors (Lipinski definition) is 4. The highest BCUT2D eigenvalue weighted by atomic mass is 32.2. The lowest BCUT2D eigenvalue weighted by Crippen LogP contribution is -2.37. The molecular formula is C19H28N4S2. The van der Waals surface area contributed by atoms with Crippen LogP contribution in [0.1, 0.15) is 29.1 Å². The summed E-state index contributed by atoms with van der Waals surface area (Å²) >= 11 is 3.64. The molecule has 0 saturated heterocycles. The minimum Gasteiger partial charge on any atom is -0.356 e. The monoisotopic (exact) mass is 376 g/mol. The van der Waals surface area contributed by atoms with E-state index in [9.17, 15) is 0 Å². The molecule has 1 aromatic heterocycles. The minimum atomic E-state index is 0.715. The first-order valence-corrected chi connectivity index (χ1v) is 11.0. The zero-order valence-corrected chi connectivity index (χ0v) is 16.8. The van der Waals surface area contributed by atoms with Crippen LogP contribution in [0.25, 0.3) is 0 Å². The number of hydrogen-bond donors (Lipinski definition) is 2. The lowest BCUT2D eigenvalue weighted by atomic mass is 10.1. The molecule has 1 heterocycles. The number of nitrogens with one attached hydrogen (secondary N) is 2. The second kappa shape index (κ2) is 11.9. The Morgan fingerprint density at radius 2 is 2.00 bits per heavy atom. The van der Waals surface area contributed by atoms with Gasteiger partial charge in [-0.3, -0.25) is 4.99 Å². The number of aryl methyl sites for hydroxylation is 2. The Hall–Kier alpha value is -1.53. The van der Waals surface area contributed by atoms with E-state index >= 15 is 0 Å². The molecule has 0 saturated carbocycles. The van der Waals surface area contributed by atoms with Crippen LogP contribution in [-0.2, 0) is 19.4 Å². The maximum Gasteiger partial charge on any atom is 0.191 e. The van der Waals surface area contributed by atoms with Crippen LogP contribution in [0.4, 0.5) is 0 Å². The average molecular weight is 377 g/mol. The van der Waals surface area contributed by atoms with Crippen LogP contribution in [0.2, 0.25) is 0 Å². The molecule has 136 valence electrons. The van der Waals surface area contributed by atoms with Crippen LogP contribution < -0.4 is 10.6 Å². The van der Waals surface area contributed by atoms with Crippen LogP contribution >= 0.6 is 23.1 Å². The van der Waals surface area contributed by atoms with Gasteiger partial charge in [0.2, 0.25) is 0 Å². The van der Waals surface area contributed by atoms with E-state index in [1.54, 1.807) is 11.3 Å². The fraction of sp³-hybridized carbons (Fsp3) is 0.474. The standard InChI is InChI=1S/C19H28N4S2/c1-20-19(21-12-6-7-13-24-2)22-14-17-15-25-18(23-17)11-10-16-8-4-3-5-9-16/h3-5,8-9,15H,6-7,10-14H2,1-2H3,(H2,20,21,22). The second-order valence-corrected chi connectivity index (χ2v) is 7.70. The van der Waals surface area contributed by atoms with E-state index in [1.807, 2.05) is 18.8 Å². The SMILES string of the molecule is CN=C(NCCCCSC)NCc1csc(CCc2ccccc2)n1. The number of guanidine groups is 1. The third-order valence-electron chi connectivity index (χ3n) is 3.80. The second-order valence-electron chi connectivity index (χ2n) is 5.77. The van der Waals surface area contributed by atoms with Gasteiger partial charge in [0.05, 0.1) is 17.2 Å². The van der Waals surface area contributed by atoms with Gasteiger partial charge >= 0.3 is 0 Å². The molecule has 0 aliphatic rings. The molecule has 0 radical (unpaired) electrons. The Morgan fingerprint density at radius 3 is 2.76 bits per heavy atom. The van der Waals surface area contributed by atoms with Crippen molar-refractivity contribution in [3.8, 4) is 0 Å². The first-order chi connectivity index (χ1) is 12.3. The summed E-state index contributed by atoms with van der Waals surface area (Å²) in [6.45, 7) is 1.67. The molecule has 4 nitrogen and oxygen atoms in total. The first kappa shape index (κ1) is 19.8. The minimum absolute atomic E-state index is 0.715. The molecule has 0 aliphatic carbocycles. The Labute approximate surface area is 159 Å². The zero-order chi connectivity index (χ0) is 17.7. The summed E-state index contributed by atoms with van der Waals surface area (Å²) in [4.78, 5) is 8.99. The van der Waals surface area contributed by atoms with E-state index < -0.39 is 0 Å². The molecule has 6 heteroatoms. The van der Waals surface area contributed by atoms with Crippen LogP contribution in [-0.4, -0.2) is 36.5 Å². The van der Waals surface area contributed by atoms with E-state index in [4.69, 9.17) is 4.98 Å². The molecular weight excluding hydrogens is 348 g/mol. The van der Waals surface area contributed by atoms with E-state index in [-0.39, 0.29) is 0 Å². The lowest BCUT2D eigenvalue weighted by Gasteiger charge is -2.10. The van der Waals surface area contributed by atoms with Crippen molar-refractivity contribution < 1.29 is 0 Å². The predicted molar refractivity (Wildman–Crippen MR) is 112 cm³/mol. The van der Waals surface area contributed by atoms with Gasteiger partial charge in [0.15, 0.2) is 5.96 Å². The summed E-state index contributed by atoms with van der Waals surface area (Å²) in [7, 11) is 1.81. The normalized spacial score (nSPS) is 11.5. The first-order valence-electron chi connectivity index (χ1n) is 8.72. The van der Waals surface area contributed by atoms with Gasteiger partial charge < -0.3 is 10.6 Å². The number of rotatable bonds is 10. The number of thioether (sulfide) groups is 1. The Kier molecular flexibility index (Phi) is 9.44. The largest absolute Gasteiger partial charge is 0.356 e. The number of thiazole rings is 1. The summed E-state index contributed by atoms with van der Waals surface area (Å²) in [5, 5.41) is 10.0. The van der Waals surface area contributed by atoms with Crippen LogP contribution in [0.5, 0.6) is 0 Å². The van der Waals surface area contributed by atoms with E-state index in [2.05, 4.69) is 57.6 Å². The van der Waals surface area contributed by atoms with Crippen molar-refractivity contribution in [1.82, 2.24) is 15.6 Å². The molecule has 0 amide bonds. The van der Waals surface area contributed by atoms with Gasteiger partial charge in [-0.1, -0.05) is 30.3 Å². The molecule has 2 N–H and O–H groups in total. The van der Waals surface area contributed by atoms with Crippen LogP contribution in [0.3, 0.4) is 0 Å². The van der Waals surface area contributed by atoms with Gasteiger partial charge in [0.1, 0.15) is 0 Å². The van der Waals surface area contributed by atoms with Crippen molar-refractivity contribution in [3.63, 3.8) is 0 Å². The summed E-state index contributed by atoms with van der Waals surface area (Å²) in [5.41, 5.74) is 2.45. The van der Waals surface area contributed by atoms with Crippen molar-refractivity contribution in [2.75, 3.05) is 25.6 Å². The third kappa shape index (κ3) is 7.92. The summed E-state index contributed by atoms with van der Waals surface area (Å²) in [6, 6.07) is 10.6. The maximum absolute atomic E-state index is 4.72. The van der Waals surface area contributed by atoms with Gasteiger partial charge in [-0.25, -0.2) is 4.98 Å². The molecule has 0 spiro atoms. The van der Waals surface area contributed by atoms with Crippen molar-refractivity contribution >= 4 is 29.1 Å². The fourth-order valence-electron chi connectivity index (χ4n) is 2.41. The number of nitrogens with zero attached hydrogens (tertiary/aromatic N) is 2. The van der Waals surface area contributed by atoms with E-state index in [0.29, 0.717) is 6.54 Å². The highest BCUT2D eigenvalue weighted by molar-refractivity contribution is 7.98. The van der Waals surface area contributed by atoms with E-state index in [1.165, 1.54) is 29.2 Å². The average Bonchev–Trinajstić information content (AvgIpc) is 3.11. The predicted octanol–water partition coefficient (Wildman–Crippen LogP) is 3.74. The maximum atomic E-state index is 4.72. The molecule has 25 heavy (non-hydrogen) atoms. The molecule has 0 atom stereocenters. The zero-order valence-electron chi connectivity index (χ0n) is 15.1. The fourth-order valence-corrected chi connectivity index (χ4v) is 3.70. The van der Waals surface area contributed by atoms with Crippen molar-refractivity contribution in [2.45, 2.75) is 32.2 Å². The molecule has 0 fully saturated rings. The number of aliphatic imine (C=N–C) groups is 1. The molecule has 0 unspecified atom stereocenters. The van der Waals surface area contributed by atoms with Crippen LogP contribution in [0, 0.1) is 0 Å². The van der Waals surface area contributed by atoms with E-state index in [0.717, 1.165) is 31.0 Å². The highest BCUT2D eigenvalue weighted by Crippen LogP contribution is 2.13. The molecule has 2 rings (SSSR count). The van der Waals surface area contributed by atoms with Crippen molar-refractivity contribution in [1.29, 1.82) is 0 Å². The van der Waals surface area contributed by atoms with Crippen LogP contribution in [0.15, 0.2) is 40.7 Å². The number of benzene rings is 1. The third-order valence-corrected chi connectivity index (χ3v) is 5.45. The Balaban J connectivity index is 1.69. The van der Waals surface area contributed by atoms with Gasteiger partial charge in [0, 0.05) is 25.4 Å². The van der Waals surface area contributed by atoms with Gasteiger partial charge in [-0.15, -0.1) is 11.3 Å². The van der Waals surface area contributed by atoms with Crippen molar-refractivity contribution in [2.24, 2.45) is 4.99 Å². The van der Waals surface area contributed by atoms with Gasteiger partial charge in [-0.2, -0.15) is 11.8 Å². The molecule has 0 bridgehead atoms. The number of aromatic nitrogens is 1. The Bertz CT molecular complexity index is 625. The van der Waals surface area contributed by atoms with Gasteiger partial charge in [0.25, 0.3) is 0 Å². The molecule has 1 aromatic carbocycles. The highest BCUT2D eigenvalue weighted by Gasteiger charge is 2.04. The number of unbranched alkanes of at least 4 members (excludes halogenated alkanes) is 1. The van der Waals surface area contributed by atoms with Crippen molar-refractivity contribution in [3.05, 3.63) is 52.0 Å². The molecule has 0 aliphatic heterocycles. The molecule has 2 aromatic rings. The topological polar surface area (TPSA) is 49.3 Å². The summed E-state index contributed by atoms with van der Waals surface area (Å²) in [5.74, 6) is 2.07. The summed E-state index contributed by atoms with van der Waals surface area (Å²) < 4.78 is 0. The summed E-state index contributed by atoms with van der Waals surface area (Å²) in [6.07, 6.45) is 6.59. The Morgan fingerprint density at radius 1 is 1.16 bits per heavy atom. The smallest absolute Gasteiger partial charge is 0.191 e. The quantitative estimate of drug-likeness (QED) is 0.377. The lowest BCUT2D eigenvalue weighted by molar-refractivity contribution is 0.729. The van der Waals surface area contributed by atoms with Gasteiger partial charge in [-0.05, 0) is 36.8 Å².